The molecule has 4 heteroatoms. The van der Waals surface area contributed by atoms with E-state index >= 15 is 0 Å². The van der Waals surface area contributed by atoms with Crippen LogP contribution in [-0.4, -0.2) is 11.5 Å². The van der Waals surface area contributed by atoms with E-state index in [2.05, 4.69) is 132 Å². The number of rotatable bonds is 2. The SMILES string of the molecule is c1ccc(-c2ccc3c(c2)-c2cccc4c2B(O3)c2cccc(-n3c5ccccc5c5ccccc53)c2O4)cc1. The van der Waals surface area contributed by atoms with Crippen LogP contribution in [0.4, 0.5) is 0 Å². The van der Waals surface area contributed by atoms with Gasteiger partial charge in [0.1, 0.15) is 17.2 Å². The topological polar surface area (TPSA) is 23.4 Å². The summed E-state index contributed by atoms with van der Waals surface area (Å²) in [7, 11) is 0. The zero-order valence-electron chi connectivity index (χ0n) is 21.5. The number of nitrogens with zero attached hydrogens (tertiary/aromatic N) is 1. The third kappa shape index (κ3) is 2.96. The van der Waals surface area contributed by atoms with E-state index in [1.54, 1.807) is 0 Å². The first kappa shape index (κ1) is 21.7. The van der Waals surface area contributed by atoms with Crippen LogP contribution >= 0.6 is 0 Å². The highest BCUT2D eigenvalue weighted by molar-refractivity contribution is 6.84. The van der Waals surface area contributed by atoms with Crippen molar-refractivity contribution in [3.63, 3.8) is 0 Å². The lowest BCUT2D eigenvalue weighted by atomic mass is 9.50. The van der Waals surface area contributed by atoms with Crippen molar-refractivity contribution in [2.24, 2.45) is 0 Å². The van der Waals surface area contributed by atoms with Crippen molar-refractivity contribution in [3.05, 3.63) is 133 Å². The van der Waals surface area contributed by atoms with Crippen LogP contribution in [0.3, 0.4) is 0 Å². The molecule has 0 saturated heterocycles. The van der Waals surface area contributed by atoms with Gasteiger partial charge in [-0.05, 0) is 53.1 Å². The Balaban J connectivity index is 1.25. The number of ether oxygens (including phenoxy) is 1. The van der Waals surface area contributed by atoms with E-state index in [1.807, 2.05) is 6.07 Å². The summed E-state index contributed by atoms with van der Waals surface area (Å²) < 4.78 is 15.9. The van der Waals surface area contributed by atoms with Crippen LogP contribution in [0.25, 0.3) is 49.7 Å². The highest BCUT2D eigenvalue weighted by Crippen LogP contribution is 2.43. The lowest BCUT2D eigenvalue weighted by Crippen LogP contribution is -2.53. The molecule has 2 aliphatic heterocycles. The third-order valence-electron chi connectivity index (χ3n) is 8.29. The molecular formula is C36H22BNO2. The summed E-state index contributed by atoms with van der Waals surface area (Å²) in [5.74, 6) is 2.58. The van der Waals surface area contributed by atoms with Crippen molar-refractivity contribution in [1.29, 1.82) is 0 Å². The van der Waals surface area contributed by atoms with Gasteiger partial charge in [-0.2, -0.15) is 0 Å². The largest absolute Gasteiger partial charge is 0.551 e. The molecule has 1 aromatic heterocycles. The molecule has 2 aliphatic rings. The predicted molar refractivity (Wildman–Crippen MR) is 164 cm³/mol. The van der Waals surface area contributed by atoms with Crippen LogP contribution < -0.4 is 20.3 Å². The summed E-state index contributed by atoms with van der Waals surface area (Å²) in [6, 6.07) is 46.9. The normalized spacial score (nSPS) is 12.8. The number of hydrogen-bond donors (Lipinski definition) is 0. The molecule has 0 atom stereocenters. The Kier molecular flexibility index (Phi) is 4.41. The van der Waals surface area contributed by atoms with Gasteiger partial charge in [-0.3, -0.25) is 0 Å². The Labute approximate surface area is 232 Å². The van der Waals surface area contributed by atoms with Gasteiger partial charge in [0.2, 0.25) is 0 Å². The number of para-hydroxylation sites is 3. The van der Waals surface area contributed by atoms with Crippen LogP contribution in [0, 0.1) is 0 Å². The average molecular weight is 511 g/mol. The van der Waals surface area contributed by atoms with Crippen molar-refractivity contribution in [1.82, 2.24) is 4.57 Å². The Morgan fingerprint density at radius 3 is 2.05 bits per heavy atom. The van der Waals surface area contributed by atoms with Gasteiger partial charge in [-0.25, -0.2) is 0 Å². The van der Waals surface area contributed by atoms with Crippen molar-refractivity contribution in [2.45, 2.75) is 0 Å². The zero-order valence-corrected chi connectivity index (χ0v) is 21.5. The molecule has 0 unspecified atom stereocenters. The van der Waals surface area contributed by atoms with E-state index in [4.69, 9.17) is 9.39 Å². The minimum atomic E-state index is -0.252. The lowest BCUT2D eigenvalue weighted by molar-refractivity contribution is 0.477. The molecule has 9 rings (SSSR count). The monoisotopic (exact) mass is 511 g/mol. The minimum Gasteiger partial charge on any atom is -0.551 e. The smallest absolute Gasteiger partial charge is 0.434 e. The van der Waals surface area contributed by atoms with Crippen LogP contribution in [0.5, 0.6) is 17.2 Å². The first-order valence-electron chi connectivity index (χ1n) is 13.6. The molecule has 0 N–H and O–H groups in total. The first-order valence-corrected chi connectivity index (χ1v) is 13.6. The van der Waals surface area contributed by atoms with Gasteiger partial charge in [0, 0.05) is 27.3 Å². The third-order valence-corrected chi connectivity index (χ3v) is 8.29. The number of hydrogen-bond acceptors (Lipinski definition) is 2. The number of aromatic nitrogens is 1. The molecule has 0 radical (unpaired) electrons. The molecule has 186 valence electrons. The molecule has 0 amide bonds. The molecule has 0 aliphatic carbocycles. The van der Waals surface area contributed by atoms with Gasteiger partial charge in [0.05, 0.1) is 16.7 Å². The van der Waals surface area contributed by atoms with E-state index in [0.29, 0.717) is 0 Å². The van der Waals surface area contributed by atoms with E-state index in [-0.39, 0.29) is 6.92 Å². The summed E-state index contributed by atoms with van der Waals surface area (Å²) in [4.78, 5) is 0. The van der Waals surface area contributed by atoms with Crippen LogP contribution in [0.2, 0.25) is 0 Å². The summed E-state index contributed by atoms with van der Waals surface area (Å²) in [5, 5.41) is 2.46. The van der Waals surface area contributed by atoms with Gasteiger partial charge in [-0.1, -0.05) is 97.1 Å². The second-order valence-electron chi connectivity index (χ2n) is 10.5. The van der Waals surface area contributed by atoms with Crippen molar-refractivity contribution in [3.8, 4) is 45.2 Å². The van der Waals surface area contributed by atoms with Gasteiger partial charge >= 0.3 is 6.92 Å². The van der Waals surface area contributed by atoms with Crippen molar-refractivity contribution < 1.29 is 9.39 Å². The zero-order chi connectivity index (χ0) is 26.2. The summed E-state index contributed by atoms with van der Waals surface area (Å²) >= 11 is 0. The maximum absolute atomic E-state index is 6.82. The molecule has 3 heterocycles. The maximum atomic E-state index is 6.82. The summed E-state index contributed by atoms with van der Waals surface area (Å²) in [6.07, 6.45) is 0. The standard InChI is InChI=1S/C36H22BNO2/c1-2-10-23(11-3-1)24-20-21-33-28(22-24)27-14-8-19-34-35(27)37(40-33)29-15-9-18-32(36(29)39-34)38-30-16-6-4-12-25(30)26-13-5-7-17-31(26)38/h1-22H. The lowest BCUT2D eigenvalue weighted by Gasteiger charge is -2.33. The van der Waals surface area contributed by atoms with Gasteiger partial charge in [0.25, 0.3) is 0 Å². The van der Waals surface area contributed by atoms with Crippen LogP contribution in [0.15, 0.2) is 133 Å². The molecule has 3 nitrogen and oxygen atoms in total. The number of benzene rings is 6. The highest BCUT2D eigenvalue weighted by atomic mass is 16.5. The Bertz CT molecular complexity index is 2080. The Morgan fingerprint density at radius 2 is 1.25 bits per heavy atom. The van der Waals surface area contributed by atoms with Crippen LogP contribution in [0.1, 0.15) is 0 Å². The fraction of sp³-hybridized carbons (Fsp3) is 0. The molecular weight excluding hydrogens is 489 g/mol. The van der Waals surface area contributed by atoms with E-state index in [1.165, 1.54) is 21.9 Å². The Morgan fingerprint density at radius 1 is 0.525 bits per heavy atom. The van der Waals surface area contributed by atoms with Gasteiger partial charge in [0.15, 0.2) is 0 Å². The molecule has 40 heavy (non-hydrogen) atoms. The second kappa shape index (κ2) is 8.14. The molecule has 0 saturated carbocycles. The maximum Gasteiger partial charge on any atom is 0.434 e. The molecule has 6 aromatic carbocycles. The fourth-order valence-corrected chi connectivity index (χ4v) is 6.52. The average Bonchev–Trinajstić information content (AvgIpc) is 3.35. The Hall–Kier alpha value is -5.22. The first-order chi connectivity index (χ1) is 19.8. The molecule has 7 aromatic rings. The second-order valence-corrected chi connectivity index (χ2v) is 10.5. The highest BCUT2D eigenvalue weighted by Gasteiger charge is 2.41. The van der Waals surface area contributed by atoms with Gasteiger partial charge < -0.3 is 14.0 Å². The molecule has 0 fully saturated rings. The van der Waals surface area contributed by atoms with Crippen molar-refractivity contribution >= 4 is 39.6 Å². The molecule has 0 spiro atoms. The summed E-state index contributed by atoms with van der Waals surface area (Å²) in [6.45, 7) is -0.252. The minimum absolute atomic E-state index is 0.252. The van der Waals surface area contributed by atoms with Gasteiger partial charge in [-0.15, -0.1) is 0 Å². The van der Waals surface area contributed by atoms with Crippen LogP contribution in [-0.2, 0) is 0 Å². The molecule has 0 bridgehead atoms. The van der Waals surface area contributed by atoms with Crippen molar-refractivity contribution in [2.75, 3.05) is 0 Å². The fourth-order valence-electron chi connectivity index (χ4n) is 6.52. The predicted octanol–water partition coefficient (Wildman–Crippen LogP) is 7.72. The number of fused-ring (bicyclic) bond motifs is 7. The quantitative estimate of drug-likeness (QED) is 0.222. The van der Waals surface area contributed by atoms with E-state index < -0.39 is 0 Å². The van der Waals surface area contributed by atoms with E-state index in [0.717, 1.165) is 56.0 Å². The van der Waals surface area contributed by atoms with E-state index in [9.17, 15) is 0 Å². The summed E-state index contributed by atoms with van der Waals surface area (Å²) in [5.41, 5.74) is 10.1.